The van der Waals surface area contributed by atoms with Crippen LogP contribution in [0, 0.1) is 5.92 Å². The number of carbonyl (C=O) groups is 2. The van der Waals surface area contributed by atoms with Gasteiger partial charge in [0.1, 0.15) is 5.82 Å². The summed E-state index contributed by atoms with van der Waals surface area (Å²) in [4.78, 5) is 27.2. The fraction of sp³-hybridized carbons (Fsp3) is 0.522. The average Bonchev–Trinajstić information content (AvgIpc) is 3.44. The molecule has 0 bridgehead atoms. The number of aryl methyl sites for hydroxylation is 1. The second-order valence-electron chi connectivity index (χ2n) is 8.23. The van der Waals surface area contributed by atoms with Gasteiger partial charge < -0.3 is 10.2 Å². The van der Waals surface area contributed by atoms with E-state index in [4.69, 9.17) is 0 Å². The van der Waals surface area contributed by atoms with Gasteiger partial charge in [-0.15, -0.1) is 0 Å². The Morgan fingerprint density at radius 1 is 1.00 bits per heavy atom. The van der Waals surface area contributed by atoms with Crippen molar-refractivity contribution in [3.8, 4) is 0 Å². The standard InChI is InChI=1S/C23H30N4O2/c28-22(11-10-18-6-2-1-3-7-18)26-16-13-19(14-17-26)23(29)25-21-12-15-24-27(21)20-8-4-5-9-20/h1-3,6-7,12,15,19-20H,4-5,8-11,13-14,16-17H2,(H,25,29). The number of aromatic nitrogens is 2. The lowest BCUT2D eigenvalue weighted by Crippen LogP contribution is -2.41. The summed E-state index contributed by atoms with van der Waals surface area (Å²) in [5.41, 5.74) is 1.19. The van der Waals surface area contributed by atoms with Crippen LogP contribution in [-0.2, 0) is 16.0 Å². The van der Waals surface area contributed by atoms with Crippen molar-refractivity contribution in [2.45, 2.75) is 57.4 Å². The lowest BCUT2D eigenvalue weighted by atomic mass is 9.95. The molecule has 2 heterocycles. The molecule has 1 aliphatic carbocycles. The Morgan fingerprint density at radius 3 is 2.45 bits per heavy atom. The van der Waals surface area contributed by atoms with Crippen molar-refractivity contribution >= 4 is 17.6 Å². The van der Waals surface area contributed by atoms with Crippen molar-refractivity contribution in [3.05, 3.63) is 48.2 Å². The van der Waals surface area contributed by atoms with E-state index < -0.39 is 0 Å². The van der Waals surface area contributed by atoms with Gasteiger partial charge in [-0.3, -0.25) is 9.59 Å². The molecule has 1 saturated heterocycles. The fourth-order valence-electron chi connectivity index (χ4n) is 4.53. The number of hydrogen-bond donors (Lipinski definition) is 1. The van der Waals surface area contributed by atoms with Crippen LogP contribution in [-0.4, -0.2) is 39.6 Å². The first-order valence-electron chi connectivity index (χ1n) is 10.9. The number of likely N-dealkylation sites (tertiary alicyclic amines) is 1. The molecule has 1 aromatic heterocycles. The number of benzene rings is 1. The summed E-state index contributed by atoms with van der Waals surface area (Å²) in [5.74, 6) is 1.01. The van der Waals surface area contributed by atoms with E-state index in [0.717, 1.165) is 37.9 Å². The topological polar surface area (TPSA) is 67.2 Å². The second-order valence-corrected chi connectivity index (χ2v) is 8.23. The highest BCUT2D eigenvalue weighted by molar-refractivity contribution is 5.92. The van der Waals surface area contributed by atoms with E-state index in [1.165, 1.54) is 18.4 Å². The van der Waals surface area contributed by atoms with Gasteiger partial charge in [-0.05, 0) is 37.7 Å². The zero-order valence-electron chi connectivity index (χ0n) is 16.9. The highest BCUT2D eigenvalue weighted by atomic mass is 16.2. The van der Waals surface area contributed by atoms with Crippen molar-refractivity contribution in [1.29, 1.82) is 0 Å². The van der Waals surface area contributed by atoms with E-state index in [-0.39, 0.29) is 17.7 Å². The van der Waals surface area contributed by atoms with Crippen LogP contribution < -0.4 is 5.32 Å². The zero-order chi connectivity index (χ0) is 20.1. The Hall–Kier alpha value is -2.63. The lowest BCUT2D eigenvalue weighted by Gasteiger charge is -2.31. The number of anilines is 1. The van der Waals surface area contributed by atoms with E-state index >= 15 is 0 Å². The van der Waals surface area contributed by atoms with Gasteiger partial charge in [0.25, 0.3) is 0 Å². The lowest BCUT2D eigenvalue weighted by molar-refractivity contribution is -0.134. The highest BCUT2D eigenvalue weighted by Crippen LogP contribution is 2.31. The first-order chi connectivity index (χ1) is 14.2. The molecule has 2 amide bonds. The molecule has 1 N–H and O–H groups in total. The van der Waals surface area contributed by atoms with Gasteiger partial charge in [-0.25, -0.2) is 4.68 Å². The number of rotatable bonds is 6. The Labute approximate surface area is 172 Å². The summed E-state index contributed by atoms with van der Waals surface area (Å²) < 4.78 is 1.98. The molecule has 0 spiro atoms. The van der Waals surface area contributed by atoms with E-state index in [1.807, 2.05) is 33.8 Å². The van der Waals surface area contributed by atoms with Gasteiger partial charge in [0.2, 0.25) is 11.8 Å². The summed E-state index contributed by atoms with van der Waals surface area (Å²) in [6.45, 7) is 1.32. The molecule has 1 aromatic carbocycles. The van der Waals surface area contributed by atoms with E-state index in [0.29, 0.717) is 25.6 Å². The number of nitrogens with one attached hydrogen (secondary N) is 1. The molecule has 0 unspecified atom stereocenters. The Morgan fingerprint density at radius 2 is 1.72 bits per heavy atom. The van der Waals surface area contributed by atoms with Gasteiger partial charge in [-0.2, -0.15) is 5.10 Å². The summed E-state index contributed by atoms with van der Waals surface area (Å²) in [5, 5.41) is 7.51. The smallest absolute Gasteiger partial charge is 0.228 e. The van der Waals surface area contributed by atoms with Crippen LogP contribution in [0.15, 0.2) is 42.6 Å². The molecule has 2 fully saturated rings. The van der Waals surface area contributed by atoms with Crippen LogP contribution in [0.4, 0.5) is 5.82 Å². The molecular formula is C23H30N4O2. The Kier molecular flexibility index (Phi) is 6.27. The third kappa shape index (κ3) is 4.86. The predicted molar refractivity (Wildman–Crippen MR) is 112 cm³/mol. The maximum atomic E-state index is 12.8. The number of nitrogens with zero attached hydrogens (tertiary/aromatic N) is 3. The minimum absolute atomic E-state index is 0.0416. The molecule has 4 rings (SSSR count). The molecule has 6 heteroatoms. The van der Waals surface area contributed by atoms with Gasteiger partial charge in [0.15, 0.2) is 0 Å². The van der Waals surface area contributed by atoms with Crippen LogP contribution >= 0.6 is 0 Å². The van der Waals surface area contributed by atoms with E-state index in [1.54, 1.807) is 6.20 Å². The minimum Gasteiger partial charge on any atom is -0.343 e. The maximum Gasteiger partial charge on any atom is 0.228 e. The van der Waals surface area contributed by atoms with Gasteiger partial charge in [0, 0.05) is 31.5 Å². The van der Waals surface area contributed by atoms with Gasteiger partial charge in [-0.1, -0.05) is 43.2 Å². The largest absolute Gasteiger partial charge is 0.343 e. The second kappa shape index (κ2) is 9.25. The van der Waals surface area contributed by atoms with Crippen molar-refractivity contribution in [2.75, 3.05) is 18.4 Å². The summed E-state index contributed by atoms with van der Waals surface area (Å²) in [7, 11) is 0. The molecule has 2 aromatic rings. The highest BCUT2D eigenvalue weighted by Gasteiger charge is 2.28. The SMILES string of the molecule is O=C(Nc1ccnn1C1CCCC1)C1CCN(C(=O)CCc2ccccc2)CC1. The molecule has 2 aliphatic rings. The maximum absolute atomic E-state index is 12.8. The molecule has 1 saturated carbocycles. The summed E-state index contributed by atoms with van der Waals surface area (Å²) in [6.07, 6.45) is 9.24. The average molecular weight is 395 g/mol. The molecule has 6 nitrogen and oxygen atoms in total. The van der Waals surface area contributed by atoms with Crippen LogP contribution in [0.25, 0.3) is 0 Å². The quantitative estimate of drug-likeness (QED) is 0.810. The van der Waals surface area contributed by atoms with Crippen molar-refractivity contribution in [3.63, 3.8) is 0 Å². The Balaban J connectivity index is 1.24. The Bertz CT molecular complexity index is 818. The van der Waals surface area contributed by atoms with Crippen LogP contribution in [0.1, 0.15) is 56.6 Å². The van der Waals surface area contributed by atoms with Crippen LogP contribution in [0.3, 0.4) is 0 Å². The van der Waals surface area contributed by atoms with Gasteiger partial charge in [0.05, 0.1) is 12.2 Å². The molecular weight excluding hydrogens is 364 g/mol. The van der Waals surface area contributed by atoms with Crippen molar-refractivity contribution in [1.82, 2.24) is 14.7 Å². The molecule has 0 radical (unpaired) electrons. The first-order valence-corrected chi connectivity index (χ1v) is 10.9. The molecule has 1 aliphatic heterocycles. The van der Waals surface area contributed by atoms with Crippen molar-refractivity contribution < 1.29 is 9.59 Å². The minimum atomic E-state index is -0.0416. The molecule has 0 atom stereocenters. The fourth-order valence-corrected chi connectivity index (χ4v) is 4.53. The molecule has 154 valence electrons. The van der Waals surface area contributed by atoms with Gasteiger partial charge >= 0.3 is 0 Å². The van der Waals surface area contributed by atoms with Crippen LogP contribution in [0.5, 0.6) is 0 Å². The predicted octanol–water partition coefficient (Wildman–Crippen LogP) is 3.81. The van der Waals surface area contributed by atoms with Crippen LogP contribution in [0.2, 0.25) is 0 Å². The molecule has 29 heavy (non-hydrogen) atoms. The summed E-state index contributed by atoms with van der Waals surface area (Å²) in [6, 6.07) is 12.4. The normalized spacial score (nSPS) is 18.1. The zero-order valence-corrected chi connectivity index (χ0v) is 16.9. The van der Waals surface area contributed by atoms with E-state index in [2.05, 4.69) is 22.5 Å². The number of carbonyl (C=O) groups excluding carboxylic acids is 2. The number of hydrogen-bond acceptors (Lipinski definition) is 3. The first kappa shape index (κ1) is 19.7. The van der Waals surface area contributed by atoms with E-state index in [9.17, 15) is 9.59 Å². The van der Waals surface area contributed by atoms with Crippen molar-refractivity contribution in [2.24, 2.45) is 5.92 Å². The number of amides is 2. The number of piperidine rings is 1. The summed E-state index contributed by atoms with van der Waals surface area (Å²) >= 11 is 0. The third-order valence-electron chi connectivity index (χ3n) is 6.28. The third-order valence-corrected chi connectivity index (χ3v) is 6.28. The monoisotopic (exact) mass is 394 g/mol.